The summed E-state index contributed by atoms with van der Waals surface area (Å²) in [6.07, 6.45) is 3.43. The number of carbonyl (C=O) groups excluding carboxylic acids is 1. The van der Waals surface area contributed by atoms with Gasteiger partial charge in [-0.2, -0.15) is 0 Å². The summed E-state index contributed by atoms with van der Waals surface area (Å²) in [6.45, 7) is 5.34. The van der Waals surface area contributed by atoms with E-state index in [4.69, 9.17) is 14.2 Å². The second-order valence-corrected chi connectivity index (χ2v) is 9.99. The number of aromatic nitrogens is 2. The van der Waals surface area contributed by atoms with Crippen LogP contribution in [0.25, 0.3) is 0 Å². The van der Waals surface area contributed by atoms with E-state index < -0.39 is 11.0 Å². The summed E-state index contributed by atoms with van der Waals surface area (Å²) in [7, 11) is 3.79. The smallest absolute Gasteiger partial charge is 0.248 e. The lowest BCUT2D eigenvalue weighted by molar-refractivity contribution is -0.135. The molecule has 9 nitrogen and oxygen atoms in total. The second-order valence-electron chi connectivity index (χ2n) is 8.46. The molecule has 0 saturated carbocycles. The minimum atomic E-state index is -1.34. The van der Waals surface area contributed by atoms with Crippen molar-refractivity contribution in [2.45, 2.75) is 31.9 Å². The lowest BCUT2D eigenvalue weighted by Crippen LogP contribution is -2.32. The van der Waals surface area contributed by atoms with Crippen LogP contribution < -0.4 is 9.47 Å². The number of amides is 1. The third-order valence-electron chi connectivity index (χ3n) is 5.60. The van der Waals surface area contributed by atoms with Gasteiger partial charge in [0.05, 0.1) is 18.6 Å². The molecule has 1 heterocycles. The number of H-pyrrole nitrogens is 1. The van der Waals surface area contributed by atoms with Gasteiger partial charge in [0.2, 0.25) is 5.91 Å². The van der Waals surface area contributed by atoms with E-state index in [2.05, 4.69) is 9.97 Å². The molecule has 1 amide bonds. The van der Waals surface area contributed by atoms with Crippen molar-refractivity contribution in [1.29, 1.82) is 0 Å². The first-order valence-corrected chi connectivity index (χ1v) is 12.7. The number of hydrogen-bond acceptors (Lipinski definition) is 6. The van der Waals surface area contributed by atoms with Crippen LogP contribution >= 0.6 is 0 Å². The van der Waals surface area contributed by atoms with E-state index in [9.17, 15) is 9.00 Å². The molecule has 1 N–H and O–H groups in total. The topological polar surface area (TPSA) is 97.0 Å². The Bertz CT molecular complexity index is 1130. The Morgan fingerprint density at radius 3 is 2.39 bits per heavy atom. The van der Waals surface area contributed by atoms with Gasteiger partial charge in [0, 0.05) is 39.6 Å². The number of aromatic amines is 1. The number of nitrogens with zero attached hydrogens (tertiary/aromatic N) is 3. The maximum Gasteiger partial charge on any atom is 0.248 e. The maximum absolute atomic E-state index is 13.0. The SMILES string of the molecule is COc1cc(C)c(S(=O)N(C)CCOCC(=O)N(C)Cc2ccc(OCc3ncc[nH]3)cc2)c(C)c1. The van der Waals surface area contributed by atoms with E-state index in [0.29, 0.717) is 19.7 Å². The van der Waals surface area contributed by atoms with Crippen LogP contribution in [0.5, 0.6) is 11.5 Å². The zero-order chi connectivity index (χ0) is 26.1. The highest BCUT2D eigenvalue weighted by Gasteiger charge is 2.17. The second kappa shape index (κ2) is 13.2. The molecule has 2 aromatic carbocycles. The quantitative estimate of drug-likeness (QED) is 0.352. The predicted molar refractivity (Wildman–Crippen MR) is 138 cm³/mol. The number of hydrogen-bond donors (Lipinski definition) is 1. The van der Waals surface area contributed by atoms with E-state index in [1.54, 1.807) is 42.8 Å². The Hall–Kier alpha value is -3.21. The first kappa shape index (κ1) is 27.4. The number of methoxy groups -OCH3 is 1. The van der Waals surface area contributed by atoms with Crippen LogP contribution in [0.1, 0.15) is 22.5 Å². The van der Waals surface area contributed by atoms with Gasteiger partial charge in [-0.1, -0.05) is 12.1 Å². The van der Waals surface area contributed by atoms with Crippen molar-refractivity contribution < 1.29 is 23.2 Å². The molecule has 0 spiro atoms. The van der Waals surface area contributed by atoms with Crippen molar-refractivity contribution in [3.63, 3.8) is 0 Å². The van der Waals surface area contributed by atoms with Gasteiger partial charge in [0.25, 0.3) is 0 Å². The van der Waals surface area contributed by atoms with Crippen molar-refractivity contribution in [3.8, 4) is 11.5 Å². The fourth-order valence-electron chi connectivity index (χ4n) is 3.59. The van der Waals surface area contributed by atoms with E-state index in [1.165, 1.54) is 0 Å². The van der Waals surface area contributed by atoms with E-state index in [0.717, 1.165) is 38.9 Å². The molecule has 194 valence electrons. The third kappa shape index (κ3) is 7.64. The highest BCUT2D eigenvalue weighted by atomic mass is 32.2. The molecule has 10 heteroatoms. The normalized spacial score (nSPS) is 11.9. The Labute approximate surface area is 215 Å². The number of nitrogens with one attached hydrogen (secondary N) is 1. The lowest BCUT2D eigenvalue weighted by Gasteiger charge is -2.20. The van der Waals surface area contributed by atoms with Gasteiger partial charge in [-0.25, -0.2) is 13.5 Å². The third-order valence-corrected chi connectivity index (χ3v) is 7.34. The Morgan fingerprint density at radius 2 is 1.78 bits per heavy atom. The number of benzene rings is 2. The van der Waals surface area contributed by atoms with E-state index in [-0.39, 0.29) is 19.1 Å². The zero-order valence-electron chi connectivity index (χ0n) is 21.4. The molecular weight excluding hydrogens is 480 g/mol. The van der Waals surface area contributed by atoms with Gasteiger partial charge in [0.1, 0.15) is 41.5 Å². The summed E-state index contributed by atoms with van der Waals surface area (Å²) < 4.78 is 31.3. The van der Waals surface area contributed by atoms with Gasteiger partial charge in [0.15, 0.2) is 0 Å². The number of imidazole rings is 1. The molecule has 0 aliphatic rings. The fourth-order valence-corrected chi connectivity index (χ4v) is 4.81. The van der Waals surface area contributed by atoms with Crippen molar-refractivity contribution in [2.24, 2.45) is 0 Å². The van der Waals surface area contributed by atoms with Crippen LogP contribution in [0, 0.1) is 13.8 Å². The maximum atomic E-state index is 13.0. The summed E-state index contributed by atoms with van der Waals surface area (Å²) in [5.74, 6) is 2.11. The summed E-state index contributed by atoms with van der Waals surface area (Å²) >= 11 is 0. The average molecular weight is 515 g/mol. The van der Waals surface area contributed by atoms with Crippen molar-refractivity contribution >= 4 is 16.9 Å². The van der Waals surface area contributed by atoms with Crippen molar-refractivity contribution in [3.05, 3.63) is 71.3 Å². The molecule has 0 bridgehead atoms. The molecule has 36 heavy (non-hydrogen) atoms. The van der Waals surface area contributed by atoms with Gasteiger partial charge in [-0.15, -0.1) is 0 Å². The molecular formula is C26H34N4O5S. The summed E-state index contributed by atoms with van der Waals surface area (Å²) in [6, 6.07) is 11.3. The van der Waals surface area contributed by atoms with E-state index >= 15 is 0 Å². The van der Waals surface area contributed by atoms with Crippen LogP contribution in [0.15, 0.2) is 53.7 Å². The van der Waals surface area contributed by atoms with E-state index in [1.807, 2.05) is 50.2 Å². The molecule has 3 rings (SSSR count). The number of rotatable bonds is 13. The predicted octanol–water partition coefficient (Wildman–Crippen LogP) is 3.24. The molecule has 0 aliphatic carbocycles. The highest BCUT2D eigenvalue weighted by molar-refractivity contribution is 7.82. The Balaban J connectivity index is 1.39. The summed E-state index contributed by atoms with van der Waals surface area (Å²) in [5.41, 5.74) is 2.80. The summed E-state index contributed by atoms with van der Waals surface area (Å²) in [5, 5.41) is 0. The number of aryl methyl sites for hydroxylation is 2. The molecule has 3 aromatic rings. The van der Waals surface area contributed by atoms with Crippen LogP contribution in [-0.4, -0.2) is 70.3 Å². The lowest BCUT2D eigenvalue weighted by atomic mass is 10.1. The Kier molecular flexibility index (Phi) is 10.0. The van der Waals surface area contributed by atoms with Gasteiger partial charge in [-0.05, 0) is 54.8 Å². The number of carbonyl (C=O) groups is 1. The monoisotopic (exact) mass is 514 g/mol. The number of likely N-dealkylation sites (N-methyl/N-ethyl adjacent to an activating group) is 2. The minimum Gasteiger partial charge on any atom is -0.497 e. The zero-order valence-corrected chi connectivity index (χ0v) is 22.3. The molecule has 0 radical (unpaired) electrons. The summed E-state index contributed by atoms with van der Waals surface area (Å²) in [4.78, 5) is 22.0. The largest absolute Gasteiger partial charge is 0.497 e. The van der Waals surface area contributed by atoms with Gasteiger partial charge < -0.3 is 24.1 Å². The van der Waals surface area contributed by atoms with Crippen LogP contribution in [0.2, 0.25) is 0 Å². The van der Waals surface area contributed by atoms with Crippen LogP contribution in [0.4, 0.5) is 0 Å². The number of ether oxygens (including phenoxy) is 3. The van der Waals surface area contributed by atoms with Gasteiger partial charge in [-0.3, -0.25) is 4.79 Å². The standard InChI is InChI=1S/C26H34N4O5S/c1-19-14-23(33-5)15-20(2)26(19)36(32)30(4)12-13-34-18-25(31)29(3)16-21-6-8-22(9-7-21)35-17-24-27-10-11-28-24/h6-11,14-15H,12-13,16-18H2,1-5H3,(H,27,28). The molecule has 1 unspecified atom stereocenters. The van der Waals surface area contributed by atoms with Crippen LogP contribution in [-0.2, 0) is 33.7 Å². The first-order chi connectivity index (χ1) is 17.3. The molecule has 0 fully saturated rings. The fraction of sp³-hybridized carbons (Fsp3) is 0.385. The molecule has 1 aromatic heterocycles. The highest BCUT2D eigenvalue weighted by Crippen LogP contribution is 2.25. The molecule has 0 saturated heterocycles. The minimum absolute atomic E-state index is 0.0398. The van der Waals surface area contributed by atoms with Gasteiger partial charge >= 0.3 is 0 Å². The molecule has 1 atom stereocenters. The Morgan fingerprint density at radius 1 is 1.08 bits per heavy atom. The van der Waals surface area contributed by atoms with Crippen molar-refractivity contribution in [1.82, 2.24) is 19.2 Å². The first-order valence-electron chi connectivity index (χ1n) is 11.6. The van der Waals surface area contributed by atoms with Crippen molar-refractivity contribution in [2.75, 3.05) is 41.0 Å². The van der Waals surface area contributed by atoms with Crippen LogP contribution in [0.3, 0.4) is 0 Å². The molecule has 0 aliphatic heterocycles. The average Bonchev–Trinajstić information content (AvgIpc) is 3.39.